The van der Waals surface area contributed by atoms with Gasteiger partial charge in [0.2, 0.25) is 5.91 Å². The molecule has 1 heterocycles. The van der Waals surface area contributed by atoms with E-state index in [0.717, 1.165) is 24.5 Å². The zero-order chi connectivity index (χ0) is 25.5. The van der Waals surface area contributed by atoms with Gasteiger partial charge in [-0.2, -0.15) is 5.10 Å². The molecular weight excluding hydrogens is 446 g/mol. The molecule has 0 spiro atoms. The van der Waals surface area contributed by atoms with Gasteiger partial charge < -0.3 is 26.4 Å². The third-order valence-electron chi connectivity index (χ3n) is 5.01. The Morgan fingerprint density at radius 2 is 2.06 bits per heavy atom. The highest BCUT2D eigenvalue weighted by atomic mass is 16.7. The highest BCUT2D eigenvalue weighted by molar-refractivity contribution is 5.84. The number of amides is 1. The molecule has 0 bridgehead atoms. The minimum absolute atomic E-state index is 0.152. The van der Waals surface area contributed by atoms with E-state index < -0.39 is 17.0 Å². The van der Waals surface area contributed by atoms with Crippen molar-refractivity contribution in [1.29, 1.82) is 0 Å². The molecule has 0 radical (unpaired) electrons. The number of esters is 1. The molecule has 0 unspecified atom stereocenters. The highest BCUT2D eigenvalue weighted by Gasteiger charge is 2.21. The summed E-state index contributed by atoms with van der Waals surface area (Å²) in [6, 6.07) is 1.20. The fourth-order valence-electron chi connectivity index (χ4n) is 3.40. The lowest BCUT2D eigenvalue weighted by Crippen LogP contribution is -2.42. The van der Waals surface area contributed by atoms with Crippen LogP contribution < -0.4 is 22.2 Å². The van der Waals surface area contributed by atoms with E-state index in [-0.39, 0.29) is 31.3 Å². The van der Waals surface area contributed by atoms with Crippen LogP contribution in [0.3, 0.4) is 0 Å². The highest BCUT2D eigenvalue weighted by Crippen LogP contribution is 2.05. The summed E-state index contributed by atoms with van der Waals surface area (Å²) >= 11 is 0. The molecule has 0 saturated carbocycles. The lowest BCUT2D eigenvalue weighted by atomic mass is 10.1. The van der Waals surface area contributed by atoms with E-state index in [0.29, 0.717) is 32.5 Å². The van der Waals surface area contributed by atoms with Crippen molar-refractivity contribution in [2.75, 3.05) is 39.8 Å². The van der Waals surface area contributed by atoms with Crippen LogP contribution in [-0.2, 0) is 20.9 Å². The van der Waals surface area contributed by atoms with Gasteiger partial charge >= 0.3 is 5.97 Å². The number of aromatic nitrogens is 2. The largest absolute Gasteiger partial charge is 0.467 e. The predicted octanol–water partition coefficient (Wildman–Crippen LogP) is -0.925. The number of hydrazine groups is 1. The van der Waals surface area contributed by atoms with Crippen LogP contribution in [0.25, 0.3) is 0 Å². The van der Waals surface area contributed by atoms with Crippen molar-refractivity contribution in [1.82, 2.24) is 25.4 Å². The third-order valence-corrected chi connectivity index (χ3v) is 5.01. The van der Waals surface area contributed by atoms with Gasteiger partial charge in [-0.05, 0) is 45.7 Å². The molecule has 0 aliphatic rings. The van der Waals surface area contributed by atoms with Crippen molar-refractivity contribution in [2.24, 2.45) is 16.5 Å². The molecule has 0 saturated heterocycles. The SMILES string of the molecule is COC(=O)[C@H](CCCN=C(N)N[N+](=O)[O-])NC(=O)CCCN(CCN)CCn1nc(C)cc1C. The first-order valence-electron chi connectivity index (χ1n) is 11.2. The summed E-state index contributed by atoms with van der Waals surface area (Å²) in [6.07, 6.45) is 1.48. The maximum absolute atomic E-state index is 12.4. The number of nitro groups is 1. The van der Waals surface area contributed by atoms with Gasteiger partial charge in [0.1, 0.15) is 6.04 Å². The number of hydrogen-bond donors (Lipinski definition) is 4. The number of nitrogens with two attached hydrogens (primary N) is 2. The topological polar surface area (TPSA) is 196 Å². The number of carbonyl (C=O) groups excluding carboxylic acids is 2. The molecule has 14 nitrogen and oxygen atoms in total. The number of hydrogen-bond acceptors (Lipinski definition) is 9. The zero-order valence-electron chi connectivity index (χ0n) is 20.2. The molecule has 0 aromatic carbocycles. The normalized spacial score (nSPS) is 12.4. The summed E-state index contributed by atoms with van der Waals surface area (Å²) in [4.78, 5) is 40.7. The van der Waals surface area contributed by atoms with Gasteiger partial charge in [0.05, 0.1) is 19.3 Å². The Kier molecular flexibility index (Phi) is 13.2. The lowest BCUT2D eigenvalue weighted by Gasteiger charge is -2.22. The Morgan fingerprint density at radius 1 is 1.32 bits per heavy atom. The van der Waals surface area contributed by atoms with Crippen molar-refractivity contribution >= 4 is 17.8 Å². The van der Waals surface area contributed by atoms with Gasteiger partial charge in [0, 0.05) is 38.3 Å². The zero-order valence-corrected chi connectivity index (χ0v) is 20.2. The van der Waals surface area contributed by atoms with Crippen LogP contribution in [0.5, 0.6) is 0 Å². The van der Waals surface area contributed by atoms with E-state index in [9.17, 15) is 19.7 Å². The maximum atomic E-state index is 12.4. The van der Waals surface area contributed by atoms with Crippen molar-refractivity contribution in [3.05, 3.63) is 27.6 Å². The fourth-order valence-corrected chi connectivity index (χ4v) is 3.40. The number of nitrogens with zero attached hydrogens (tertiary/aromatic N) is 5. The standard InChI is InChI=1S/C20H37N9O5/c1-15-14-16(2)28(25-15)13-12-27(11-8-21)10-5-7-18(30)24-17(19(31)34-3)6-4-9-23-20(22)26-29(32)33/h14,17H,4-13,21H2,1-3H3,(H,24,30)(H3,22,23,26)/t17-/m0/s1. The number of ether oxygens (including phenoxy) is 1. The van der Waals surface area contributed by atoms with Gasteiger partial charge in [-0.15, -0.1) is 0 Å². The molecule has 14 heteroatoms. The second-order valence-corrected chi connectivity index (χ2v) is 7.81. The van der Waals surface area contributed by atoms with Gasteiger partial charge in [0.25, 0.3) is 5.96 Å². The molecule has 1 aromatic rings. The summed E-state index contributed by atoms with van der Waals surface area (Å²) in [6.45, 7) is 7.53. The number of rotatable bonds is 16. The van der Waals surface area contributed by atoms with Crippen LogP contribution in [0.15, 0.2) is 11.1 Å². The number of aliphatic imine (C=N–C) groups is 1. The van der Waals surface area contributed by atoms with Crippen molar-refractivity contribution < 1.29 is 19.4 Å². The Labute approximate surface area is 199 Å². The van der Waals surface area contributed by atoms with Crippen LogP contribution in [-0.4, -0.2) is 83.4 Å². The van der Waals surface area contributed by atoms with Gasteiger partial charge in [-0.3, -0.25) is 9.48 Å². The van der Waals surface area contributed by atoms with E-state index in [4.69, 9.17) is 16.2 Å². The van der Waals surface area contributed by atoms with Crippen molar-refractivity contribution in [2.45, 2.75) is 52.1 Å². The summed E-state index contributed by atoms with van der Waals surface area (Å²) in [5.74, 6) is -1.16. The first-order valence-corrected chi connectivity index (χ1v) is 11.2. The molecule has 1 amide bonds. The quantitative estimate of drug-likeness (QED) is 0.0569. The molecular formula is C20H37N9O5. The van der Waals surface area contributed by atoms with Crippen molar-refractivity contribution in [3.63, 3.8) is 0 Å². The third kappa shape index (κ3) is 11.6. The first kappa shape index (κ1) is 28.8. The molecule has 192 valence electrons. The van der Waals surface area contributed by atoms with Crippen LogP contribution in [0.4, 0.5) is 0 Å². The van der Waals surface area contributed by atoms with Crippen LogP contribution in [0.1, 0.15) is 37.1 Å². The van der Waals surface area contributed by atoms with Crippen molar-refractivity contribution in [3.8, 4) is 0 Å². The van der Waals surface area contributed by atoms with Crippen LogP contribution >= 0.6 is 0 Å². The predicted molar refractivity (Wildman–Crippen MR) is 126 cm³/mol. The Bertz CT molecular complexity index is 827. The molecule has 1 atom stereocenters. The van der Waals surface area contributed by atoms with E-state index in [2.05, 4.69) is 20.3 Å². The van der Waals surface area contributed by atoms with Gasteiger partial charge in [-0.1, -0.05) is 5.43 Å². The van der Waals surface area contributed by atoms with E-state index >= 15 is 0 Å². The minimum atomic E-state index is -0.830. The fraction of sp³-hybridized carbons (Fsp3) is 0.700. The molecule has 0 fully saturated rings. The molecule has 0 aliphatic heterocycles. The summed E-state index contributed by atoms with van der Waals surface area (Å²) in [7, 11) is 1.24. The van der Waals surface area contributed by atoms with E-state index in [1.807, 2.05) is 24.6 Å². The average molecular weight is 484 g/mol. The minimum Gasteiger partial charge on any atom is -0.467 e. The molecule has 1 rings (SSSR count). The van der Waals surface area contributed by atoms with Gasteiger partial charge in [0.15, 0.2) is 5.03 Å². The van der Waals surface area contributed by atoms with Crippen LogP contribution in [0, 0.1) is 24.0 Å². The molecule has 34 heavy (non-hydrogen) atoms. The smallest absolute Gasteiger partial charge is 0.328 e. The van der Waals surface area contributed by atoms with Crippen LogP contribution in [0.2, 0.25) is 0 Å². The average Bonchev–Trinajstić information content (AvgIpc) is 3.09. The summed E-state index contributed by atoms with van der Waals surface area (Å²) in [5.41, 5.74) is 14.9. The monoisotopic (exact) mass is 483 g/mol. The number of methoxy groups -OCH3 is 1. The lowest BCUT2D eigenvalue weighted by molar-refractivity contribution is -0.525. The number of aryl methyl sites for hydroxylation is 2. The number of carbonyl (C=O) groups is 2. The Balaban J connectivity index is 2.45. The number of guanidine groups is 1. The summed E-state index contributed by atoms with van der Waals surface area (Å²) < 4.78 is 6.71. The second kappa shape index (κ2) is 15.6. The molecule has 1 aromatic heterocycles. The Morgan fingerprint density at radius 3 is 2.65 bits per heavy atom. The first-order chi connectivity index (χ1) is 16.2. The Hall–Kier alpha value is -3.26. The van der Waals surface area contributed by atoms with Gasteiger partial charge in [-0.25, -0.2) is 19.9 Å². The molecule has 0 aliphatic carbocycles. The maximum Gasteiger partial charge on any atom is 0.328 e. The van der Waals surface area contributed by atoms with E-state index in [1.165, 1.54) is 7.11 Å². The summed E-state index contributed by atoms with van der Waals surface area (Å²) in [5, 5.41) is 16.6. The van der Waals surface area contributed by atoms with E-state index in [1.54, 1.807) is 5.43 Å². The molecule has 6 N–H and O–H groups in total. The number of nitrogens with one attached hydrogen (secondary N) is 2. The second-order valence-electron chi connectivity index (χ2n) is 7.81.